The van der Waals surface area contributed by atoms with E-state index in [0.717, 1.165) is 25.9 Å². The van der Waals surface area contributed by atoms with E-state index in [0.29, 0.717) is 11.7 Å². The molecule has 2 rings (SSSR count). The van der Waals surface area contributed by atoms with Gasteiger partial charge in [0.25, 0.3) is 5.56 Å². The number of hydrogen-bond donors (Lipinski definition) is 1. The molecule has 1 aromatic rings. The van der Waals surface area contributed by atoms with Crippen LogP contribution in [0.5, 0.6) is 0 Å². The first-order valence-electron chi connectivity index (χ1n) is 6.82. The number of anilines is 1. The Morgan fingerprint density at radius 3 is 2.79 bits per heavy atom. The second-order valence-corrected chi connectivity index (χ2v) is 5.44. The topological polar surface area (TPSA) is 50.2 Å². The number of rotatable bonds is 4. The third kappa shape index (κ3) is 3.48. The number of halogens is 1. The Balaban J connectivity index is 1.96. The van der Waals surface area contributed by atoms with Crippen LogP contribution < -0.4 is 10.9 Å². The Morgan fingerprint density at radius 2 is 2.16 bits per heavy atom. The second kappa shape index (κ2) is 6.39. The maximum absolute atomic E-state index is 11.7. The summed E-state index contributed by atoms with van der Waals surface area (Å²) in [4.78, 5) is 14.2. The maximum atomic E-state index is 11.7. The fourth-order valence-electron chi connectivity index (χ4n) is 2.45. The highest BCUT2D eigenvalue weighted by Gasteiger charge is 2.19. The molecule has 1 aliphatic heterocycles. The lowest BCUT2D eigenvalue weighted by molar-refractivity contribution is 0.219. The van der Waals surface area contributed by atoms with Crippen molar-refractivity contribution in [2.45, 2.75) is 32.2 Å². The lowest BCUT2D eigenvalue weighted by Gasteiger charge is -2.32. The molecule has 0 atom stereocenters. The van der Waals surface area contributed by atoms with Crippen molar-refractivity contribution in [2.24, 2.45) is 7.05 Å². The van der Waals surface area contributed by atoms with E-state index in [-0.39, 0.29) is 10.6 Å². The molecule has 0 amide bonds. The van der Waals surface area contributed by atoms with Crippen LogP contribution in [0.4, 0.5) is 5.69 Å². The van der Waals surface area contributed by atoms with Crippen molar-refractivity contribution in [2.75, 3.05) is 25.0 Å². The number of likely N-dealkylation sites (tertiary alicyclic amines) is 1. The summed E-state index contributed by atoms with van der Waals surface area (Å²) in [7, 11) is 1.60. The van der Waals surface area contributed by atoms with Crippen LogP contribution in [-0.4, -0.2) is 40.4 Å². The summed E-state index contributed by atoms with van der Waals surface area (Å²) in [5, 5.41) is 7.57. The van der Waals surface area contributed by atoms with Gasteiger partial charge in [0.05, 0.1) is 11.9 Å². The number of aryl methyl sites for hydroxylation is 1. The molecule has 5 nitrogen and oxygen atoms in total. The van der Waals surface area contributed by atoms with Gasteiger partial charge in [-0.15, -0.1) is 0 Å². The molecular formula is C13H21ClN4O. The van der Waals surface area contributed by atoms with Crippen LogP contribution in [0.2, 0.25) is 5.02 Å². The summed E-state index contributed by atoms with van der Waals surface area (Å²) in [5.74, 6) is 0. The molecular weight excluding hydrogens is 264 g/mol. The van der Waals surface area contributed by atoms with Crippen LogP contribution in [0.1, 0.15) is 26.2 Å². The fraction of sp³-hybridized carbons (Fsp3) is 0.692. The number of piperidine rings is 1. The highest BCUT2D eigenvalue weighted by molar-refractivity contribution is 6.32. The molecule has 1 aliphatic rings. The molecule has 0 radical (unpaired) electrons. The summed E-state index contributed by atoms with van der Waals surface area (Å²) in [6.07, 6.45) is 4.97. The molecule has 2 heterocycles. The average molecular weight is 285 g/mol. The van der Waals surface area contributed by atoms with Gasteiger partial charge in [-0.2, -0.15) is 5.10 Å². The van der Waals surface area contributed by atoms with Gasteiger partial charge in [0.15, 0.2) is 0 Å². The predicted molar refractivity (Wildman–Crippen MR) is 77.9 cm³/mol. The summed E-state index contributed by atoms with van der Waals surface area (Å²) in [6, 6.07) is 0.375. The first-order valence-corrected chi connectivity index (χ1v) is 7.20. The van der Waals surface area contributed by atoms with E-state index in [1.54, 1.807) is 13.2 Å². The quantitative estimate of drug-likeness (QED) is 0.915. The smallest absolute Gasteiger partial charge is 0.287 e. The van der Waals surface area contributed by atoms with Crippen LogP contribution in [0.15, 0.2) is 11.0 Å². The van der Waals surface area contributed by atoms with Gasteiger partial charge < -0.3 is 10.2 Å². The predicted octanol–water partition coefficient (Wildman–Crippen LogP) is 1.72. The van der Waals surface area contributed by atoms with Crippen molar-refractivity contribution in [3.8, 4) is 0 Å². The van der Waals surface area contributed by atoms with Crippen molar-refractivity contribution < 1.29 is 0 Å². The number of nitrogens with one attached hydrogen (secondary N) is 1. The van der Waals surface area contributed by atoms with Gasteiger partial charge in [-0.3, -0.25) is 4.79 Å². The largest absolute Gasteiger partial charge is 0.380 e. The molecule has 19 heavy (non-hydrogen) atoms. The van der Waals surface area contributed by atoms with E-state index in [1.165, 1.54) is 17.6 Å². The first kappa shape index (κ1) is 14.3. The Hall–Kier alpha value is -1.07. The zero-order valence-electron chi connectivity index (χ0n) is 11.5. The van der Waals surface area contributed by atoms with Gasteiger partial charge in [-0.1, -0.05) is 18.5 Å². The summed E-state index contributed by atoms with van der Waals surface area (Å²) < 4.78 is 1.25. The Labute approximate surface area is 118 Å². The van der Waals surface area contributed by atoms with Gasteiger partial charge in [-0.25, -0.2) is 4.68 Å². The molecule has 1 fully saturated rings. The van der Waals surface area contributed by atoms with Gasteiger partial charge in [0, 0.05) is 26.2 Å². The van der Waals surface area contributed by atoms with E-state index in [9.17, 15) is 4.79 Å². The molecule has 106 valence electrons. The van der Waals surface area contributed by atoms with Crippen LogP contribution in [0.25, 0.3) is 0 Å². The van der Waals surface area contributed by atoms with Gasteiger partial charge in [0.2, 0.25) is 0 Å². The zero-order valence-corrected chi connectivity index (χ0v) is 12.3. The Bertz CT molecular complexity index is 480. The monoisotopic (exact) mass is 284 g/mol. The molecule has 0 aromatic carbocycles. The van der Waals surface area contributed by atoms with E-state index in [2.05, 4.69) is 22.2 Å². The third-order valence-electron chi connectivity index (χ3n) is 3.57. The molecule has 0 unspecified atom stereocenters. The third-order valence-corrected chi connectivity index (χ3v) is 3.93. The minimum absolute atomic E-state index is 0.230. The lowest BCUT2D eigenvalue weighted by Crippen LogP contribution is -2.39. The minimum Gasteiger partial charge on any atom is -0.380 e. The summed E-state index contributed by atoms with van der Waals surface area (Å²) in [5.41, 5.74) is 0.397. The van der Waals surface area contributed by atoms with E-state index in [4.69, 9.17) is 11.6 Å². The molecule has 6 heteroatoms. The molecule has 0 saturated carbocycles. The van der Waals surface area contributed by atoms with E-state index < -0.39 is 0 Å². The fourth-order valence-corrected chi connectivity index (χ4v) is 2.67. The highest BCUT2D eigenvalue weighted by atomic mass is 35.5. The molecule has 0 spiro atoms. The standard InChI is InChI=1S/C13H21ClN4O/c1-3-6-18-7-4-10(5-8-18)16-11-9-15-17(2)13(19)12(11)14/h9-10,16H,3-8H2,1-2H3. The van der Waals surface area contributed by atoms with Crippen molar-refractivity contribution >= 4 is 17.3 Å². The van der Waals surface area contributed by atoms with E-state index in [1.807, 2.05) is 0 Å². The summed E-state index contributed by atoms with van der Waals surface area (Å²) >= 11 is 6.05. The van der Waals surface area contributed by atoms with Gasteiger partial charge in [-0.05, 0) is 25.8 Å². The van der Waals surface area contributed by atoms with Crippen molar-refractivity contribution in [1.29, 1.82) is 0 Å². The SMILES string of the molecule is CCCN1CCC(Nc2cnn(C)c(=O)c2Cl)CC1. The second-order valence-electron chi connectivity index (χ2n) is 5.06. The van der Waals surface area contributed by atoms with Crippen LogP contribution in [0.3, 0.4) is 0 Å². The molecule has 0 bridgehead atoms. The van der Waals surface area contributed by atoms with Crippen molar-refractivity contribution in [3.05, 3.63) is 21.6 Å². The Morgan fingerprint density at radius 1 is 1.47 bits per heavy atom. The van der Waals surface area contributed by atoms with E-state index >= 15 is 0 Å². The van der Waals surface area contributed by atoms with Crippen LogP contribution in [0, 0.1) is 0 Å². The molecule has 1 saturated heterocycles. The van der Waals surface area contributed by atoms with Crippen LogP contribution in [-0.2, 0) is 7.05 Å². The maximum Gasteiger partial charge on any atom is 0.287 e. The zero-order chi connectivity index (χ0) is 13.8. The minimum atomic E-state index is -0.255. The molecule has 1 N–H and O–H groups in total. The normalized spacial score (nSPS) is 17.6. The Kier molecular flexibility index (Phi) is 4.82. The van der Waals surface area contributed by atoms with Crippen molar-refractivity contribution in [3.63, 3.8) is 0 Å². The van der Waals surface area contributed by atoms with Gasteiger partial charge in [0.1, 0.15) is 5.02 Å². The first-order chi connectivity index (χ1) is 9.11. The lowest BCUT2D eigenvalue weighted by atomic mass is 10.0. The molecule has 0 aliphatic carbocycles. The number of hydrogen-bond acceptors (Lipinski definition) is 4. The molecule has 1 aromatic heterocycles. The average Bonchev–Trinajstić information content (AvgIpc) is 2.42. The highest BCUT2D eigenvalue weighted by Crippen LogP contribution is 2.20. The number of aromatic nitrogens is 2. The van der Waals surface area contributed by atoms with Gasteiger partial charge >= 0.3 is 0 Å². The number of nitrogens with zero attached hydrogens (tertiary/aromatic N) is 3. The van der Waals surface area contributed by atoms with Crippen molar-refractivity contribution in [1.82, 2.24) is 14.7 Å². The van der Waals surface area contributed by atoms with Crippen LogP contribution >= 0.6 is 11.6 Å². The summed E-state index contributed by atoms with van der Waals surface area (Å²) in [6.45, 7) is 5.57.